The minimum absolute atomic E-state index is 0.450. The molecule has 0 radical (unpaired) electrons. The molecular weight excluding hydrogens is 248 g/mol. The molecule has 0 saturated carbocycles. The Balaban J connectivity index is 2.60. The molecular formula is C13H24N2S2. The van der Waals surface area contributed by atoms with Gasteiger partial charge in [-0.2, -0.15) is 11.8 Å². The van der Waals surface area contributed by atoms with Crippen molar-refractivity contribution >= 4 is 23.1 Å². The second-order valence-electron chi connectivity index (χ2n) is 4.19. The van der Waals surface area contributed by atoms with Crippen LogP contribution in [0.2, 0.25) is 0 Å². The highest BCUT2D eigenvalue weighted by Crippen LogP contribution is 2.26. The minimum Gasteiger partial charge on any atom is -0.308 e. The van der Waals surface area contributed by atoms with E-state index >= 15 is 0 Å². The van der Waals surface area contributed by atoms with E-state index in [1.165, 1.54) is 39.9 Å². The van der Waals surface area contributed by atoms with Gasteiger partial charge in [-0.1, -0.05) is 13.8 Å². The van der Waals surface area contributed by atoms with Crippen LogP contribution in [0.5, 0.6) is 0 Å². The van der Waals surface area contributed by atoms with Gasteiger partial charge in [-0.3, -0.25) is 0 Å². The van der Waals surface area contributed by atoms with Crippen molar-refractivity contribution in [2.24, 2.45) is 0 Å². The lowest BCUT2D eigenvalue weighted by molar-refractivity contribution is 0.519. The summed E-state index contributed by atoms with van der Waals surface area (Å²) in [6.07, 6.45) is 2.37. The van der Waals surface area contributed by atoms with Crippen LogP contribution in [0.15, 0.2) is 0 Å². The van der Waals surface area contributed by atoms with Gasteiger partial charge in [-0.05, 0) is 44.7 Å². The summed E-state index contributed by atoms with van der Waals surface area (Å²) in [6.45, 7) is 9.78. The minimum atomic E-state index is 0.450. The number of aryl methyl sites for hydroxylation is 2. The molecule has 0 saturated heterocycles. The summed E-state index contributed by atoms with van der Waals surface area (Å²) in [5, 5.41) is 4.89. The Kier molecular flexibility index (Phi) is 7.16. The first-order valence-electron chi connectivity index (χ1n) is 6.44. The van der Waals surface area contributed by atoms with Gasteiger partial charge in [0.2, 0.25) is 0 Å². The van der Waals surface area contributed by atoms with Gasteiger partial charge in [-0.15, -0.1) is 11.3 Å². The second kappa shape index (κ2) is 8.11. The van der Waals surface area contributed by atoms with E-state index in [-0.39, 0.29) is 0 Å². The summed E-state index contributed by atoms with van der Waals surface area (Å²) in [6, 6.07) is 0.450. The number of rotatable bonds is 8. The third-order valence-electron chi connectivity index (χ3n) is 2.74. The van der Waals surface area contributed by atoms with Crippen molar-refractivity contribution in [1.82, 2.24) is 10.3 Å². The highest BCUT2D eigenvalue weighted by molar-refractivity contribution is 7.99. The van der Waals surface area contributed by atoms with Crippen LogP contribution < -0.4 is 5.32 Å². The molecule has 0 bridgehead atoms. The average molecular weight is 272 g/mol. The van der Waals surface area contributed by atoms with Gasteiger partial charge in [0.25, 0.3) is 0 Å². The lowest BCUT2D eigenvalue weighted by Gasteiger charge is -2.15. The molecule has 17 heavy (non-hydrogen) atoms. The SMILES string of the molecule is CCCNC(CCSCC)c1nc(C)c(C)s1. The van der Waals surface area contributed by atoms with Crippen molar-refractivity contribution < 1.29 is 0 Å². The fraction of sp³-hybridized carbons (Fsp3) is 0.769. The molecule has 1 rings (SSSR count). The molecule has 1 N–H and O–H groups in total. The summed E-state index contributed by atoms with van der Waals surface area (Å²) >= 11 is 3.86. The first-order valence-corrected chi connectivity index (χ1v) is 8.41. The molecule has 0 fully saturated rings. The maximum Gasteiger partial charge on any atom is 0.110 e. The molecule has 0 spiro atoms. The normalized spacial score (nSPS) is 12.9. The maximum absolute atomic E-state index is 4.69. The highest BCUT2D eigenvalue weighted by Gasteiger charge is 2.15. The Morgan fingerprint density at radius 3 is 2.65 bits per heavy atom. The maximum atomic E-state index is 4.69. The van der Waals surface area contributed by atoms with E-state index in [4.69, 9.17) is 0 Å². The first kappa shape index (κ1) is 15.0. The lowest BCUT2D eigenvalue weighted by Crippen LogP contribution is -2.22. The number of thiazole rings is 1. The Morgan fingerprint density at radius 1 is 1.35 bits per heavy atom. The van der Waals surface area contributed by atoms with Crippen molar-refractivity contribution in [2.45, 2.75) is 46.6 Å². The van der Waals surface area contributed by atoms with E-state index in [2.05, 4.69) is 38.0 Å². The topological polar surface area (TPSA) is 24.9 Å². The number of nitrogens with zero attached hydrogens (tertiary/aromatic N) is 1. The monoisotopic (exact) mass is 272 g/mol. The first-order chi connectivity index (χ1) is 8.19. The molecule has 2 nitrogen and oxygen atoms in total. The number of aromatic nitrogens is 1. The van der Waals surface area contributed by atoms with Gasteiger partial charge in [-0.25, -0.2) is 4.98 Å². The molecule has 1 heterocycles. The van der Waals surface area contributed by atoms with Gasteiger partial charge in [0.15, 0.2) is 0 Å². The van der Waals surface area contributed by atoms with E-state index in [0.717, 1.165) is 6.54 Å². The molecule has 0 aromatic carbocycles. The van der Waals surface area contributed by atoms with Crippen molar-refractivity contribution in [1.29, 1.82) is 0 Å². The van der Waals surface area contributed by atoms with E-state index in [1.807, 2.05) is 23.1 Å². The number of hydrogen-bond donors (Lipinski definition) is 1. The largest absolute Gasteiger partial charge is 0.308 e. The fourth-order valence-electron chi connectivity index (χ4n) is 1.62. The quantitative estimate of drug-likeness (QED) is 0.726. The van der Waals surface area contributed by atoms with Gasteiger partial charge in [0.05, 0.1) is 11.7 Å². The summed E-state index contributed by atoms with van der Waals surface area (Å²) < 4.78 is 0. The van der Waals surface area contributed by atoms with Crippen molar-refractivity contribution in [3.63, 3.8) is 0 Å². The van der Waals surface area contributed by atoms with Crippen LogP contribution >= 0.6 is 23.1 Å². The van der Waals surface area contributed by atoms with E-state index in [0.29, 0.717) is 6.04 Å². The summed E-state index contributed by atoms with van der Waals surface area (Å²) in [7, 11) is 0. The Bertz CT molecular complexity index is 304. The highest BCUT2D eigenvalue weighted by atomic mass is 32.2. The third kappa shape index (κ3) is 4.98. The zero-order valence-electron chi connectivity index (χ0n) is 11.4. The van der Waals surface area contributed by atoms with Crippen LogP contribution in [0.4, 0.5) is 0 Å². The van der Waals surface area contributed by atoms with E-state index < -0.39 is 0 Å². The molecule has 98 valence electrons. The molecule has 0 aliphatic carbocycles. The number of hydrogen-bond acceptors (Lipinski definition) is 4. The van der Waals surface area contributed by atoms with Gasteiger partial charge >= 0.3 is 0 Å². The molecule has 0 aliphatic heterocycles. The molecule has 1 unspecified atom stereocenters. The smallest absolute Gasteiger partial charge is 0.110 e. The molecule has 1 aromatic rings. The van der Waals surface area contributed by atoms with Crippen molar-refractivity contribution in [3.05, 3.63) is 15.6 Å². The molecule has 1 atom stereocenters. The average Bonchev–Trinajstić information content (AvgIpc) is 2.64. The van der Waals surface area contributed by atoms with Gasteiger partial charge < -0.3 is 5.32 Å². The Morgan fingerprint density at radius 2 is 2.12 bits per heavy atom. The number of thioether (sulfide) groups is 1. The van der Waals surface area contributed by atoms with Gasteiger partial charge in [0.1, 0.15) is 5.01 Å². The number of nitrogens with one attached hydrogen (secondary N) is 1. The predicted octanol–water partition coefficient (Wildman–Crippen LogP) is 3.94. The molecule has 0 amide bonds. The molecule has 1 aromatic heterocycles. The van der Waals surface area contributed by atoms with E-state index in [1.54, 1.807) is 0 Å². The zero-order valence-corrected chi connectivity index (χ0v) is 13.0. The van der Waals surface area contributed by atoms with Crippen LogP contribution in [0.1, 0.15) is 48.3 Å². The van der Waals surface area contributed by atoms with Crippen LogP contribution in [-0.4, -0.2) is 23.0 Å². The van der Waals surface area contributed by atoms with Gasteiger partial charge in [0, 0.05) is 4.88 Å². The van der Waals surface area contributed by atoms with Crippen LogP contribution in [0.3, 0.4) is 0 Å². The molecule has 4 heteroatoms. The van der Waals surface area contributed by atoms with Crippen molar-refractivity contribution in [2.75, 3.05) is 18.1 Å². The molecule has 0 aliphatic rings. The lowest BCUT2D eigenvalue weighted by atomic mass is 10.2. The fourth-order valence-corrected chi connectivity index (χ4v) is 3.35. The predicted molar refractivity (Wildman–Crippen MR) is 80.2 cm³/mol. The van der Waals surface area contributed by atoms with Crippen LogP contribution in [0, 0.1) is 13.8 Å². The standard InChI is InChI=1S/C13H24N2S2/c1-5-8-14-12(7-9-16-6-2)13-15-10(3)11(4)17-13/h12,14H,5-9H2,1-4H3. The Labute approximate surface area is 114 Å². The van der Waals surface area contributed by atoms with E-state index in [9.17, 15) is 0 Å². The Hall–Kier alpha value is -0.0600. The van der Waals surface area contributed by atoms with Crippen LogP contribution in [-0.2, 0) is 0 Å². The van der Waals surface area contributed by atoms with Crippen molar-refractivity contribution in [3.8, 4) is 0 Å². The summed E-state index contributed by atoms with van der Waals surface area (Å²) in [5.74, 6) is 2.42. The second-order valence-corrected chi connectivity index (χ2v) is 6.81. The zero-order chi connectivity index (χ0) is 12.7. The summed E-state index contributed by atoms with van der Waals surface area (Å²) in [5.41, 5.74) is 1.19. The third-order valence-corrected chi connectivity index (χ3v) is 4.86. The summed E-state index contributed by atoms with van der Waals surface area (Å²) in [4.78, 5) is 6.04. The van der Waals surface area contributed by atoms with Crippen LogP contribution in [0.25, 0.3) is 0 Å².